The second kappa shape index (κ2) is 5.43. The van der Waals surface area contributed by atoms with Gasteiger partial charge in [-0.1, -0.05) is 0 Å². The highest BCUT2D eigenvalue weighted by atomic mass is 19.1. The fourth-order valence-electron chi connectivity index (χ4n) is 2.11. The largest absolute Gasteiger partial charge is 0.465 e. The number of nitrogens with one attached hydrogen (secondary N) is 2. The molecule has 0 amide bonds. The maximum Gasteiger partial charge on any atom is 0.348 e. The fraction of sp³-hybridized carbons (Fsp3) is 0.231. The summed E-state index contributed by atoms with van der Waals surface area (Å²) in [6, 6.07) is 3.88. The van der Waals surface area contributed by atoms with Gasteiger partial charge in [-0.2, -0.15) is 0 Å². The second-order valence-electron chi connectivity index (χ2n) is 4.44. The van der Waals surface area contributed by atoms with E-state index < -0.39 is 17.5 Å². The Kier molecular flexibility index (Phi) is 3.45. The molecule has 8 nitrogen and oxygen atoms in total. The molecule has 3 aromatic rings. The van der Waals surface area contributed by atoms with Crippen LogP contribution in [0.5, 0.6) is 0 Å². The molecule has 2 aromatic heterocycles. The zero-order valence-corrected chi connectivity index (χ0v) is 11.6. The van der Waals surface area contributed by atoms with Crippen molar-refractivity contribution in [2.75, 3.05) is 18.5 Å². The summed E-state index contributed by atoms with van der Waals surface area (Å²) in [6.07, 6.45) is 0. The molecule has 0 atom stereocenters. The first-order valence-corrected chi connectivity index (χ1v) is 6.56. The highest BCUT2D eigenvalue weighted by molar-refractivity contribution is 5.84. The van der Waals surface area contributed by atoms with E-state index in [0.29, 0.717) is 5.52 Å². The zero-order chi connectivity index (χ0) is 15.7. The number of halogens is 1. The first-order chi connectivity index (χ1) is 10.6. The summed E-state index contributed by atoms with van der Waals surface area (Å²) >= 11 is 0. The van der Waals surface area contributed by atoms with Gasteiger partial charge in [-0.05, 0) is 19.1 Å². The standard InChI is InChI=1S/C13H12FN5O3/c1-2-22-10(20)6-15-11-12-17-18-13(21)19(12)9-5-7(14)3-4-8(9)16-11/h3-5H,2,6H2,1H3,(H,15,16)(H,18,21). The summed E-state index contributed by atoms with van der Waals surface area (Å²) in [7, 11) is 0. The van der Waals surface area contributed by atoms with E-state index in [-0.39, 0.29) is 30.1 Å². The van der Waals surface area contributed by atoms with Crippen LogP contribution >= 0.6 is 0 Å². The maximum atomic E-state index is 13.4. The van der Waals surface area contributed by atoms with Gasteiger partial charge in [0.2, 0.25) is 5.65 Å². The fourth-order valence-corrected chi connectivity index (χ4v) is 2.11. The third-order valence-electron chi connectivity index (χ3n) is 3.00. The van der Waals surface area contributed by atoms with Crippen molar-refractivity contribution in [3.63, 3.8) is 0 Å². The maximum absolute atomic E-state index is 13.4. The number of hydrogen-bond acceptors (Lipinski definition) is 6. The minimum absolute atomic E-state index is 0.121. The van der Waals surface area contributed by atoms with Crippen molar-refractivity contribution in [3.05, 3.63) is 34.5 Å². The van der Waals surface area contributed by atoms with Gasteiger partial charge in [0.25, 0.3) is 0 Å². The molecule has 2 heterocycles. The molecule has 0 bridgehead atoms. The van der Waals surface area contributed by atoms with Crippen molar-refractivity contribution in [1.82, 2.24) is 19.6 Å². The minimum atomic E-state index is -0.521. The molecule has 2 N–H and O–H groups in total. The Morgan fingerprint density at radius 1 is 1.50 bits per heavy atom. The van der Waals surface area contributed by atoms with Crippen LogP contribution in [0.15, 0.2) is 23.0 Å². The van der Waals surface area contributed by atoms with Gasteiger partial charge in [0.15, 0.2) is 5.82 Å². The molecular formula is C13H12FN5O3. The lowest BCUT2D eigenvalue weighted by Crippen LogP contribution is -2.19. The number of benzene rings is 1. The highest BCUT2D eigenvalue weighted by Gasteiger charge is 2.14. The highest BCUT2D eigenvalue weighted by Crippen LogP contribution is 2.19. The third-order valence-corrected chi connectivity index (χ3v) is 3.00. The Morgan fingerprint density at radius 2 is 2.32 bits per heavy atom. The summed E-state index contributed by atoms with van der Waals surface area (Å²) in [4.78, 5) is 27.5. The number of carbonyl (C=O) groups is 1. The van der Waals surface area contributed by atoms with E-state index in [9.17, 15) is 14.0 Å². The molecule has 0 aliphatic heterocycles. The zero-order valence-electron chi connectivity index (χ0n) is 11.6. The van der Waals surface area contributed by atoms with Crippen LogP contribution in [0.1, 0.15) is 6.92 Å². The number of rotatable bonds is 4. The van der Waals surface area contributed by atoms with Crippen molar-refractivity contribution in [1.29, 1.82) is 0 Å². The number of carbonyl (C=O) groups excluding carboxylic acids is 1. The van der Waals surface area contributed by atoms with Crippen molar-refractivity contribution in [3.8, 4) is 0 Å². The summed E-state index contributed by atoms with van der Waals surface area (Å²) in [5.74, 6) is -0.721. The summed E-state index contributed by atoms with van der Waals surface area (Å²) in [6.45, 7) is 1.85. The number of fused-ring (bicyclic) bond motifs is 3. The molecule has 0 unspecified atom stereocenters. The van der Waals surface area contributed by atoms with E-state index in [4.69, 9.17) is 4.74 Å². The topological polar surface area (TPSA) is 101 Å². The Balaban J connectivity index is 2.11. The van der Waals surface area contributed by atoms with Gasteiger partial charge in [0.1, 0.15) is 12.4 Å². The quantitative estimate of drug-likeness (QED) is 0.688. The van der Waals surface area contributed by atoms with Crippen molar-refractivity contribution >= 4 is 28.5 Å². The number of aromatic nitrogens is 4. The van der Waals surface area contributed by atoms with E-state index in [1.54, 1.807) is 6.92 Å². The predicted octanol–water partition coefficient (Wildman–Crippen LogP) is 0.685. The van der Waals surface area contributed by atoms with Gasteiger partial charge in [-0.25, -0.2) is 23.7 Å². The van der Waals surface area contributed by atoms with Gasteiger partial charge < -0.3 is 10.1 Å². The van der Waals surface area contributed by atoms with Gasteiger partial charge in [0, 0.05) is 6.07 Å². The number of nitrogens with zero attached hydrogens (tertiary/aromatic N) is 3. The number of esters is 1. The van der Waals surface area contributed by atoms with Gasteiger partial charge in [0.05, 0.1) is 17.6 Å². The molecule has 1 aromatic carbocycles. The molecule has 9 heteroatoms. The molecule has 114 valence electrons. The smallest absolute Gasteiger partial charge is 0.348 e. The molecule has 0 radical (unpaired) electrons. The van der Waals surface area contributed by atoms with Crippen molar-refractivity contribution in [2.24, 2.45) is 0 Å². The van der Waals surface area contributed by atoms with Crippen LogP contribution < -0.4 is 11.0 Å². The Hall–Kier alpha value is -2.97. The number of aromatic amines is 1. The lowest BCUT2D eigenvalue weighted by molar-refractivity contribution is -0.140. The van der Waals surface area contributed by atoms with Gasteiger partial charge in [-0.15, -0.1) is 5.10 Å². The molecule has 0 saturated carbocycles. The molecule has 0 aliphatic carbocycles. The summed E-state index contributed by atoms with van der Waals surface area (Å²) in [5.41, 5.74) is 0.332. The monoisotopic (exact) mass is 305 g/mol. The molecular weight excluding hydrogens is 293 g/mol. The predicted molar refractivity (Wildman–Crippen MR) is 76.2 cm³/mol. The number of anilines is 1. The van der Waals surface area contributed by atoms with Crippen LogP contribution in [0.2, 0.25) is 0 Å². The Morgan fingerprint density at radius 3 is 3.09 bits per heavy atom. The number of ether oxygens (including phenoxy) is 1. The van der Waals surface area contributed by atoms with Crippen molar-refractivity contribution in [2.45, 2.75) is 6.92 Å². The first kappa shape index (κ1) is 14.0. The molecule has 22 heavy (non-hydrogen) atoms. The minimum Gasteiger partial charge on any atom is -0.465 e. The lowest BCUT2D eigenvalue weighted by atomic mass is 10.3. The van der Waals surface area contributed by atoms with E-state index >= 15 is 0 Å². The SMILES string of the molecule is CCOC(=O)CNc1nc2ccc(F)cc2n2c(=O)[nH]nc12. The second-order valence-corrected chi connectivity index (χ2v) is 4.44. The molecule has 0 saturated heterocycles. The molecule has 3 rings (SSSR count). The van der Waals surface area contributed by atoms with Crippen LogP contribution in [0, 0.1) is 5.82 Å². The van der Waals surface area contributed by atoms with Crippen LogP contribution in [-0.2, 0) is 9.53 Å². The normalized spacial score (nSPS) is 11.0. The van der Waals surface area contributed by atoms with E-state index in [0.717, 1.165) is 0 Å². The Bertz CT molecular complexity index is 917. The van der Waals surface area contributed by atoms with Gasteiger partial charge >= 0.3 is 11.7 Å². The first-order valence-electron chi connectivity index (χ1n) is 6.56. The summed E-state index contributed by atoms with van der Waals surface area (Å²) in [5, 5.41) is 8.90. The summed E-state index contributed by atoms with van der Waals surface area (Å²) < 4.78 is 19.4. The van der Waals surface area contributed by atoms with E-state index in [1.807, 2.05) is 0 Å². The van der Waals surface area contributed by atoms with Crippen LogP contribution in [0.25, 0.3) is 16.7 Å². The van der Waals surface area contributed by atoms with E-state index in [2.05, 4.69) is 20.5 Å². The van der Waals surface area contributed by atoms with Crippen LogP contribution in [0.4, 0.5) is 10.2 Å². The average Bonchev–Trinajstić information content (AvgIpc) is 2.88. The average molecular weight is 305 g/mol. The van der Waals surface area contributed by atoms with E-state index in [1.165, 1.54) is 22.6 Å². The number of hydrogen-bond donors (Lipinski definition) is 2. The molecule has 0 aliphatic rings. The lowest BCUT2D eigenvalue weighted by Gasteiger charge is -2.08. The Labute approximate surface area is 122 Å². The number of H-pyrrole nitrogens is 1. The third kappa shape index (κ3) is 2.36. The van der Waals surface area contributed by atoms with Crippen LogP contribution in [0.3, 0.4) is 0 Å². The van der Waals surface area contributed by atoms with Gasteiger partial charge in [-0.3, -0.25) is 4.79 Å². The van der Waals surface area contributed by atoms with Crippen LogP contribution in [-0.4, -0.2) is 38.7 Å². The molecule has 0 fully saturated rings. The van der Waals surface area contributed by atoms with Crippen molar-refractivity contribution < 1.29 is 13.9 Å². The molecule has 0 spiro atoms.